The second kappa shape index (κ2) is 5.84. The van der Waals surface area contributed by atoms with Crippen LogP contribution in [0.25, 0.3) is 0 Å². The van der Waals surface area contributed by atoms with Crippen molar-refractivity contribution in [1.29, 1.82) is 0 Å². The molecular formula is C13H17NO4. The average Bonchev–Trinajstić information content (AvgIpc) is 2.40. The molecule has 0 aliphatic carbocycles. The number of nitrogens with one attached hydrogen (secondary N) is 1. The number of carboxylic acid groups (broad SMARTS) is 1. The van der Waals surface area contributed by atoms with E-state index in [0.29, 0.717) is 13.2 Å². The molecule has 2 unspecified atom stereocenters. The molecule has 0 saturated carbocycles. The zero-order valence-electron chi connectivity index (χ0n) is 10.3. The smallest absolute Gasteiger partial charge is 0.323 e. The SMILES string of the molecule is CCOc1ccccc1C1CNC(C(=O)O)CO1. The molecule has 2 atom stereocenters. The van der Waals surface area contributed by atoms with Crippen LogP contribution in [0.2, 0.25) is 0 Å². The summed E-state index contributed by atoms with van der Waals surface area (Å²) in [5.74, 6) is -0.0906. The molecule has 1 saturated heterocycles. The number of ether oxygens (including phenoxy) is 2. The monoisotopic (exact) mass is 251 g/mol. The maximum atomic E-state index is 10.8. The van der Waals surface area contributed by atoms with E-state index < -0.39 is 12.0 Å². The highest BCUT2D eigenvalue weighted by Crippen LogP contribution is 2.28. The summed E-state index contributed by atoms with van der Waals surface area (Å²) < 4.78 is 11.1. The lowest BCUT2D eigenvalue weighted by Crippen LogP contribution is -2.47. The van der Waals surface area contributed by atoms with Gasteiger partial charge in [-0.2, -0.15) is 0 Å². The Morgan fingerprint density at radius 3 is 2.94 bits per heavy atom. The van der Waals surface area contributed by atoms with E-state index in [9.17, 15) is 4.79 Å². The number of hydrogen-bond donors (Lipinski definition) is 2. The van der Waals surface area contributed by atoms with E-state index in [1.807, 2.05) is 31.2 Å². The van der Waals surface area contributed by atoms with Gasteiger partial charge in [-0.05, 0) is 13.0 Å². The third kappa shape index (κ3) is 2.80. The summed E-state index contributed by atoms with van der Waals surface area (Å²) in [6.45, 7) is 3.16. The van der Waals surface area contributed by atoms with E-state index in [4.69, 9.17) is 14.6 Å². The molecule has 5 heteroatoms. The molecule has 98 valence electrons. The van der Waals surface area contributed by atoms with E-state index in [1.165, 1.54) is 0 Å². The average molecular weight is 251 g/mol. The quantitative estimate of drug-likeness (QED) is 0.841. The highest BCUT2D eigenvalue weighted by atomic mass is 16.5. The molecule has 0 amide bonds. The molecule has 0 bridgehead atoms. The highest BCUT2D eigenvalue weighted by Gasteiger charge is 2.28. The van der Waals surface area contributed by atoms with Crippen molar-refractivity contribution in [3.05, 3.63) is 29.8 Å². The van der Waals surface area contributed by atoms with Crippen LogP contribution in [0.1, 0.15) is 18.6 Å². The van der Waals surface area contributed by atoms with Crippen molar-refractivity contribution in [3.63, 3.8) is 0 Å². The van der Waals surface area contributed by atoms with Gasteiger partial charge in [0.2, 0.25) is 0 Å². The summed E-state index contributed by atoms with van der Waals surface area (Å²) in [5.41, 5.74) is 0.954. The van der Waals surface area contributed by atoms with Gasteiger partial charge >= 0.3 is 5.97 Å². The summed E-state index contributed by atoms with van der Waals surface area (Å²) in [7, 11) is 0. The van der Waals surface area contributed by atoms with Crippen LogP contribution in [0.5, 0.6) is 5.75 Å². The van der Waals surface area contributed by atoms with Crippen molar-refractivity contribution < 1.29 is 19.4 Å². The Labute approximate surface area is 106 Å². The summed E-state index contributed by atoms with van der Waals surface area (Å²) >= 11 is 0. The van der Waals surface area contributed by atoms with Crippen molar-refractivity contribution in [2.75, 3.05) is 19.8 Å². The van der Waals surface area contributed by atoms with Gasteiger partial charge < -0.3 is 14.6 Å². The largest absolute Gasteiger partial charge is 0.493 e. The molecule has 1 fully saturated rings. The van der Waals surface area contributed by atoms with E-state index in [0.717, 1.165) is 11.3 Å². The van der Waals surface area contributed by atoms with Gasteiger partial charge in [0.15, 0.2) is 0 Å². The molecule has 5 nitrogen and oxygen atoms in total. The summed E-state index contributed by atoms with van der Waals surface area (Å²) in [5, 5.41) is 11.8. The molecule has 18 heavy (non-hydrogen) atoms. The second-order valence-corrected chi connectivity index (χ2v) is 4.09. The van der Waals surface area contributed by atoms with Crippen molar-refractivity contribution in [2.45, 2.75) is 19.1 Å². The Balaban J connectivity index is 2.07. The minimum Gasteiger partial charge on any atom is -0.493 e. The number of carbonyl (C=O) groups is 1. The van der Waals surface area contributed by atoms with Crippen LogP contribution >= 0.6 is 0 Å². The van der Waals surface area contributed by atoms with E-state index in [2.05, 4.69) is 5.32 Å². The fraction of sp³-hybridized carbons (Fsp3) is 0.462. The predicted octanol–water partition coefficient (Wildman–Crippen LogP) is 1.20. The van der Waals surface area contributed by atoms with Gasteiger partial charge in [-0.15, -0.1) is 0 Å². The van der Waals surface area contributed by atoms with Gasteiger partial charge in [-0.1, -0.05) is 18.2 Å². The molecule has 2 N–H and O–H groups in total. The summed E-state index contributed by atoms with van der Waals surface area (Å²) in [4.78, 5) is 10.8. The van der Waals surface area contributed by atoms with Gasteiger partial charge in [0.05, 0.1) is 19.3 Å². The van der Waals surface area contributed by atoms with Gasteiger partial charge in [0.25, 0.3) is 0 Å². The third-order valence-corrected chi connectivity index (χ3v) is 2.88. The maximum absolute atomic E-state index is 10.8. The Kier molecular flexibility index (Phi) is 4.17. The first-order chi connectivity index (χ1) is 8.72. The standard InChI is InChI=1S/C13H17NO4/c1-2-17-11-6-4-3-5-9(11)12-7-14-10(8-18-12)13(15)16/h3-6,10,12,14H,2,7-8H2,1H3,(H,15,16). The molecule has 0 radical (unpaired) electrons. The van der Waals surface area contributed by atoms with Crippen molar-refractivity contribution >= 4 is 5.97 Å². The van der Waals surface area contributed by atoms with Crippen molar-refractivity contribution in [3.8, 4) is 5.75 Å². The minimum atomic E-state index is -0.883. The van der Waals surface area contributed by atoms with Crippen LogP contribution in [-0.2, 0) is 9.53 Å². The number of carboxylic acids is 1. The highest BCUT2D eigenvalue weighted by molar-refractivity contribution is 5.73. The zero-order valence-corrected chi connectivity index (χ0v) is 10.3. The Morgan fingerprint density at radius 2 is 2.33 bits per heavy atom. The number of hydrogen-bond acceptors (Lipinski definition) is 4. The van der Waals surface area contributed by atoms with Crippen LogP contribution in [0.3, 0.4) is 0 Å². The van der Waals surface area contributed by atoms with E-state index >= 15 is 0 Å². The molecule has 2 rings (SSSR count). The first-order valence-corrected chi connectivity index (χ1v) is 6.02. The Hall–Kier alpha value is -1.59. The lowest BCUT2D eigenvalue weighted by Gasteiger charge is -2.29. The number of para-hydroxylation sites is 1. The fourth-order valence-corrected chi connectivity index (χ4v) is 1.97. The minimum absolute atomic E-state index is 0.164. The lowest BCUT2D eigenvalue weighted by atomic mass is 10.1. The maximum Gasteiger partial charge on any atom is 0.323 e. The van der Waals surface area contributed by atoms with Gasteiger partial charge in [-0.25, -0.2) is 0 Å². The van der Waals surface area contributed by atoms with E-state index in [-0.39, 0.29) is 12.7 Å². The van der Waals surface area contributed by atoms with Gasteiger partial charge in [0.1, 0.15) is 11.8 Å². The fourth-order valence-electron chi connectivity index (χ4n) is 1.97. The van der Waals surface area contributed by atoms with Gasteiger partial charge in [-0.3, -0.25) is 10.1 Å². The molecule has 1 aromatic rings. The zero-order chi connectivity index (χ0) is 13.0. The molecule has 0 spiro atoms. The van der Waals surface area contributed by atoms with Crippen molar-refractivity contribution in [1.82, 2.24) is 5.32 Å². The van der Waals surface area contributed by atoms with Crippen molar-refractivity contribution in [2.24, 2.45) is 0 Å². The number of rotatable bonds is 4. The van der Waals surface area contributed by atoms with Crippen LogP contribution in [0.15, 0.2) is 24.3 Å². The second-order valence-electron chi connectivity index (χ2n) is 4.09. The third-order valence-electron chi connectivity index (χ3n) is 2.88. The van der Waals surface area contributed by atoms with Crippen LogP contribution < -0.4 is 10.1 Å². The number of aliphatic carboxylic acids is 1. The Morgan fingerprint density at radius 1 is 1.56 bits per heavy atom. The van der Waals surface area contributed by atoms with Gasteiger partial charge in [0, 0.05) is 12.1 Å². The van der Waals surface area contributed by atoms with Crippen LogP contribution in [0, 0.1) is 0 Å². The lowest BCUT2D eigenvalue weighted by molar-refractivity contribution is -0.144. The first-order valence-electron chi connectivity index (χ1n) is 6.02. The summed E-state index contributed by atoms with van der Waals surface area (Å²) in [6.07, 6.45) is -0.164. The first kappa shape index (κ1) is 12.9. The molecule has 1 aliphatic heterocycles. The molecular weight excluding hydrogens is 234 g/mol. The molecule has 1 heterocycles. The van der Waals surface area contributed by atoms with Crippen LogP contribution in [0.4, 0.5) is 0 Å². The topological polar surface area (TPSA) is 67.8 Å². The number of benzene rings is 1. The normalized spacial score (nSPS) is 23.6. The molecule has 1 aromatic carbocycles. The Bertz CT molecular complexity index is 413. The molecule has 1 aliphatic rings. The van der Waals surface area contributed by atoms with E-state index in [1.54, 1.807) is 0 Å². The summed E-state index contributed by atoms with van der Waals surface area (Å²) in [6, 6.07) is 7.04. The van der Waals surface area contributed by atoms with Crippen LogP contribution in [-0.4, -0.2) is 36.9 Å². The number of morpholine rings is 1. The predicted molar refractivity (Wildman–Crippen MR) is 65.7 cm³/mol. The molecule has 0 aromatic heterocycles.